The van der Waals surface area contributed by atoms with E-state index in [1.807, 2.05) is 0 Å². The van der Waals surface area contributed by atoms with Gasteiger partial charge in [0.25, 0.3) is 0 Å². The highest BCUT2D eigenvalue weighted by Gasteiger charge is 2.20. The molecule has 1 aromatic rings. The van der Waals surface area contributed by atoms with Crippen LogP contribution in [0.5, 0.6) is 5.75 Å². The summed E-state index contributed by atoms with van der Waals surface area (Å²) < 4.78 is 23.6. The predicted octanol–water partition coefficient (Wildman–Crippen LogP) is 2.93. The fraction of sp³-hybridized carbons (Fsp3) is 0.500. The first-order chi connectivity index (χ1) is 8.66. The first-order valence-electron chi connectivity index (χ1n) is 5.80. The van der Waals surface area contributed by atoms with Crippen molar-refractivity contribution in [2.24, 2.45) is 0 Å². The van der Waals surface area contributed by atoms with Crippen molar-refractivity contribution in [3.05, 3.63) is 34.1 Å². The smallest absolute Gasteiger partial charge is 0.346 e. The molecule has 100 valence electrons. The molecule has 0 saturated carbocycles. The number of rotatable bonds is 8. The summed E-state index contributed by atoms with van der Waals surface area (Å²) in [5, 5.41) is 10.7. The van der Waals surface area contributed by atoms with Gasteiger partial charge in [0.15, 0.2) is 5.75 Å². The van der Waals surface area contributed by atoms with Crippen LogP contribution in [0.3, 0.4) is 0 Å². The van der Waals surface area contributed by atoms with Gasteiger partial charge in [-0.1, -0.05) is 19.4 Å². The molecule has 0 spiro atoms. The van der Waals surface area contributed by atoms with E-state index < -0.39 is 16.4 Å². The van der Waals surface area contributed by atoms with Crippen molar-refractivity contribution in [1.82, 2.24) is 0 Å². The molecule has 0 saturated heterocycles. The van der Waals surface area contributed by atoms with Crippen molar-refractivity contribution < 1.29 is 18.8 Å². The lowest BCUT2D eigenvalue weighted by molar-refractivity contribution is -0.388. The summed E-state index contributed by atoms with van der Waals surface area (Å²) in [5.41, 5.74) is -0.633. The van der Waals surface area contributed by atoms with E-state index in [1.165, 1.54) is 12.1 Å². The molecule has 0 unspecified atom stereocenters. The Morgan fingerprint density at radius 2 is 2.11 bits per heavy atom. The number of halogens is 1. The Labute approximate surface area is 105 Å². The highest BCUT2D eigenvalue weighted by atomic mass is 19.1. The molecular formula is C12H16FNO4. The number of benzene rings is 1. The maximum Gasteiger partial charge on any atom is 0.346 e. The zero-order valence-corrected chi connectivity index (χ0v) is 10.2. The quantitative estimate of drug-likeness (QED) is 0.408. The average molecular weight is 257 g/mol. The van der Waals surface area contributed by atoms with Crippen LogP contribution >= 0.6 is 0 Å². The van der Waals surface area contributed by atoms with Gasteiger partial charge in [-0.15, -0.1) is 0 Å². The van der Waals surface area contributed by atoms with Gasteiger partial charge in [0, 0.05) is 6.61 Å². The van der Waals surface area contributed by atoms with E-state index in [0.29, 0.717) is 13.2 Å². The molecule has 0 aliphatic heterocycles. The van der Waals surface area contributed by atoms with E-state index in [-0.39, 0.29) is 12.4 Å². The molecule has 6 heteroatoms. The first kappa shape index (κ1) is 14.4. The van der Waals surface area contributed by atoms with Gasteiger partial charge in [0.1, 0.15) is 6.61 Å². The molecule has 0 heterocycles. The molecule has 0 amide bonds. The Morgan fingerprint density at radius 3 is 2.78 bits per heavy atom. The van der Waals surface area contributed by atoms with E-state index in [2.05, 4.69) is 6.92 Å². The van der Waals surface area contributed by atoms with Crippen LogP contribution in [0.2, 0.25) is 0 Å². The summed E-state index contributed by atoms with van der Waals surface area (Å²) in [5.74, 6) is -0.969. The topological polar surface area (TPSA) is 61.6 Å². The summed E-state index contributed by atoms with van der Waals surface area (Å²) in [6.07, 6.45) is 2.00. The van der Waals surface area contributed by atoms with Gasteiger partial charge in [-0.25, -0.2) is 0 Å². The number of ether oxygens (including phenoxy) is 2. The predicted molar refractivity (Wildman–Crippen MR) is 64.3 cm³/mol. The van der Waals surface area contributed by atoms with Gasteiger partial charge >= 0.3 is 5.69 Å². The maximum atomic E-state index is 13.2. The molecule has 0 N–H and O–H groups in total. The minimum absolute atomic E-state index is 0.0703. The molecule has 0 aliphatic rings. The van der Waals surface area contributed by atoms with Crippen molar-refractivity contribution in [3.8, 4) is 5.75 Å². The monoisotopic (exact) mass is 257 g/mol. The fourth-order valence-electron chi connectivity index (χ4n) is 1.35. The van der Waals surface area contributed by atoms with Gasteiger partial charge in [0.05, 0.1) is 11.5 Å². The Hall–Kier alpha value is -1.69. The van der Waals surface area contributed by atoms with Crippen LogP contribution in [0.15, 0.2) is 18.2 Å². The molecule has 0 bridgehead atoms. The lowest BCUT2D eigenvalue weighted by Gasteiger charge is -2.07. The van der Waals surface area contributed by atoms with E-state index in [9.17, 15) is 14.5 Å². The van der Waals surface area contributed by atoms with Crippen molar-refractivity contribution in [2.45, 2.75) is 19.8 Å². The van der Waals surface area contributed by atoms with Gasteiger partial charge < -0.3 is 9.47 Å². The zero-order valence-electron chi connectivity index (χ0n) is 10.2. The van der Waals surface area contributed by atoms with Crippen LogP contribution in [0, 0.1) is 15.9 Å². The standard InChI is InChI=1S/C12H16FNO4/c1-2-3-7-17-8-9-18-11-6-4-5-10(13)12(11)14(15)16/h4-6H,2-3,7-9H2,1H3. The Morgan fingerprint density at radius 1 is 1.33 bits per heavy atom. The zero-order chi connectivity index (χ0) is 13.4. The van der Waals surface area contributed by atoms with E-state index >= 15 is 0 Å². The van der Waals surface area contributed by atoms with E-state index in [1.54, 1.807) is 0 Å². The highest BCUT2D eigenvalue weighted by Crippen LogP contribution is 2.29. The fourth-order valence-corrected chi connectivity index (χ4v) is 1.35. The number of nitro groups is 1. The van der Waals surface area contributed by atoms with Crippen molar-refractivity contribution >= 4 is 5.69 Å². The molecule has 0 aromatic heterocycles. The molecule has 1 aromatic carbocycles. The summed E-state index contributed by atoms with van der Waals surface area (Å²) in [6, 6.07) is 3.77. The number of unbranched alkanes of at least 4 members (excludes halogenated alkanes) is 1. The molecule has 0 aliphatic carbocycles. The van der Waals surface area contributed by atoms with Crippen molar-refractivity contribution in [2.75, 3.05) is 19.8 Å². The third kappa shape index (κ3) is 4.29. The van der Waals surface area contributed by atoms with Crippen LogP contribution in [0.25, 0.3) is 0 Å². The van der Waals surface area contributed by atoms with Gasteiger partial charge in [-0.05, 0) is 18.6 Å². The second-order valence-electron chi connectivity index (χ2n) is 3.66. The second-order valence-corrected chi connectivity index (χ2v) is 3.66. The largest absolute Gasteiger partial charge is 0.484 e. The summed E-state index contributed by atoms with van der Waals surface area (Å²) in [6.45, 7) is 3.17. The molecule has 1 rings (SSSR count). The average Bonchev–Trinajstić information content (AvgIpc) is 2.33. The number of nitro benzene ring substituents is 1. The number of para-hydroxylation sites is 1. The minimum atomic E-state index is -0.899. The summed E-state index contributed by atoms with van der Waals surface area (Å²) in [4.78, 5) is 9.88. The molecule has 0 fully saturated rings. The number of nitrogens with zero attached hydrogens (tertiary/aromatic N) is 1. The number of hydrogen-bond donors (Lipinski definition) is 0. The van der Waals surface area contributed by atoms with E-state index in [0.717, 1.165) is 18.9 Å². The lowest BCUT2D eigenvalue weighted by atomic mass is 10.3. The minimum Gasteiger partial charge on any atom is -0.484 e. The van der Waals surface area contributed by atoms with Gasteiger partial charge in [-0.2, -0.15) is 4.39 Å². The van der Waals surface area contributed by atoms with E-state index in [4.69, 9.17) is 9.47 Å². The Bertz CT molecular complexity index is 398. The van der Waals surface area contributed by atoms with Crippen LogP contribution in [-0.2, 0) is 4.74 Å². The van der Waals surface area contributed by atoms with Crippen molar-refractivity contribution in [1.29, 1.82) is 0 Å². The van der Waals surface area contributed by atoms with Crippen LogP contribution in [0.4, 0.5) is 10.1 Å². The molecule has 5 nitrogen and oxygen atoms in total. The highest BCUT2D eigenvalue weighted by molar-refractivity contribution is 5.47. The first-order valence-corrected chi connectivity index (χ1v) is 5.80. The Kier molecular flexibility index (Phi) is 6.07. The third-order valence-electron chi connectivity index (χ3n) is 2.26. The number of hydrogen-bond acceptors (Lipinski definition) is 4. The molecule has 18 heavy (non-hydrogen) atoms. The molecule has 0 atom stereocenters. The van der Waals surface area contributed by atoms with Crippen LogP contribution in [-0.4, -0.2) is 24.7 Å². The third-order valence-corrected chi connectivity index (χ3v) is 2.26. The van der Waals surface area contributed by atoms with Crippen LogP contribution in [0.1, 0.15) is 19.8 Å². The van der Waals surface area contributed by atoms with Crippen LogP contribution < -0.4 is 4.74 Å². The maximum absolute atomic E-state index is 13.2. The second kappa shape index (κ2) is 7.60. The summed E-state index contributed by atoms with van der Waals surface area (Å²) in [7, 11) is 0. The Balaban J connectivity index is 2.47. The molecule has 0 radical (unpaired) electrons. The molecular weight excluding hydrogens is 241 g/mol. The normalized spacial score (nSPS) is 10.3. The lowest BCUT2D eigenvalue weighted by Crippen LogP contribution is -2.09. The van der Waals surface area contributed by atoms with Crippen molar-refractivity contribution in [3.63, 3.8) is 0 Å². The SMILES string of the molecule is CCCCOCCOc1cccc(F)c1[N+](=O)[O-]. The summed E-state index contributed by atoms with van der Waals surface area (Å²) >= 11 is 0. The van der Waals surface area contributed by atoms with Gasteiger partial charge in [-0.3, -0.25) is 10.1 Å². The van der Waals surface area contributed by atoms with Gasteiger partial charge in [0.2, 0.25) is 5.82 Å².